The third-order valence-corrected chi connectivity index (χ3v) is 5.82. The van der Waals surface area contributed by atoms with Gasteiger partial charge in [0.05, 0.1) is 0 Å². The lowest BCUT2D eigenvalue weighted by atomic mass is 9.68. The summed E-state index contributed by atoms with van der Waals surface area (Å²) in [6.07, 6.45) is 9.57. The van der Waals surface area contributed by atoms with Gasteiger partial charge in [-0.15, -0.1) is 0 Å². The van der Waals surface area contributed by atoms with Gasteiger partial charge in [-0.1, -0.05) is 39.5 Å². The van der Waals surface area contributed by atoms with E-state index >= 15 is 0 Å². The number of nitrogens with zero attached hydrogens (tertiary/aromatic N) is 1. The maximum absolute atomic E-state index is 13.0. The second kappa shape index (κ2) is 6.46. The van der Waals surface area contributed by atoms with Gasteiger partial charge in [-0.25, -0.2) is 0 Å². The molecule has 2 rings (SSSR count). The van der Waals surface area contributed by atoms with E-state index in [2.05, 4.69) is 18.7 Å². The quantitative estimate of drug-likeness (QED) is 0.863. The Balaban J connectivity index is 2.07. The van der Waals surface area contributed by atoms with Crippen LogP contribution in [0.3, 0.4) is 0 Å². The average Bonchev–Trinajstić information content (AvgIpc) is 2.45. The first-order valence-corrected chi connectivity index (χ1v) is 8.44. The van der Waals surface area contributed by atoms with Crippen molar-refractivity contribution in [3.8, 4) is 0 Å². The molecule has 0 radical (unpaired) electrons. The van der Waals surface area contributed by atoms with Crippen LogP contribution in [0.5, 0.6) is 0 Å². The predicted octanol–water partition coefficient (Wildman–Crippen LogP) is 3.18. The van der Waals surface area contributed by atoms with Crippen LogP contribution in [0.1, 0.15) is 65.2 Å². The van der Waals surface area contributed by atoms with Gasteiger partial charge in [-0.05, 0) is 43.6 Å². The van der Waals surface area contributed by atoms with E-state index in [-0.39, 0.29) is 11.3 Å². The monoisotopic (exact) mass is 280 g/mol. The molecule has 3 unspecified atom stereocenters. The average molecular weight is 280 g/mol. The predicted molar refractivity (Wildman–Crippen MR) is 83.3 cm³/mol. The van der Waals surface area contributed by atoms with Crippen molar-refractivity contribution in [1.29, 1.82) is 0 Å². The van der Waals surface area contributed by atoms with E-state index in [1.807, 2.05) is 7.05 Å². The number of rotatable bonds is 3. The molecule has 3 heteroatoms. The molecule has 0 aromatic rings. The highest BCUT2D eigenvalue weighted by Gasteiger charge is 2.41. The Morgan fingerprint density at radius 1 is 1.15 bits per heavy atom. The molecule has 0 spiro atoms. The lowest BCUT2D eigenvalue weighted by Gasteiger charge is -2.44. The summed E-state index contributed by atoms with van der Waals surface area (Å²) in [7, 11) is 2.02. The molecule has 2 aliphatic rings. The van der Waals surface area contributed by atoms with Crippen molar-refractivity contribution in [2.75, 3.05) is 13.6 Å². The first-order chi connectivity index (χ1) is 9.47. The van der Waals surface area contributed by atoms with Crippen LogP contribution in [0.4, 0.5) is 0 Å². The van der Waals surface area contributed by atoms with Crippen LogP contribution in [0.25, 0.3) is 0 Å². The SMILES string of the molecule is CN(C(=O)C1CCCCC1(C)C)C1CCCCC1CN. The first-order valence-electron chi connectivity index (χ1n) is 8.44. The Morgan fingerprint density at radius 3 is 2.45 bits per heavy atom. The van der Waals surface area contributed by atoms with Gasteiger partial charge in [0.25, 0.3) is 0 Å². The molecular formula is C17H32N2O. The molecule has 1 amide bonds. The second-order valence-corrected chi connectivity index (χ2v) is 7.58. The van der Waals surface area contributed by atoms with Crippen LogP contribution in [0.2, 0.25) is 0 Å². The maximum atomic E-state index is 13.0. The molecular weight excluding hydrogens is 248 g/mol. The van der Waals surface area contributed by atoms with Gasteiger partial charge in [0.15, 0.2) is 0 Å². The number of hydrogen-bond acceptors (Lipinski definition) is 2. The lowest BCUT2D eigenvalue weighted by Crippen LogP contribution is -2.50. The molecule has 3 nitrogen and oxygen atoms in total. The van der Waals surface area contributed by atoms with E-state index in [0.717, 1.165) is 19.4 Å². The van der Waals surface area contributed by atoms with Gasteiger partial charge in [0, 0.05) is 19.0 Å². The molecule has 0 saturated heterocycles. The Hall–Kier alpha value is -0.570. The minimum Gasteiger partial charge on any atom is -0.342 e. The van der Waals surface area contributed by atoms with Crippen LogP contribution < -0.4 is 5.73 Å². The van der Waals surface area contributed by atoms with Crippen molar-refractivity contribution in [3.05, 3.63) is 0 Å². The van der Waals surface area contributed by atoms with Crippen molar-refractivity contribution in [3.63, 3.8) is 0 Å². The van der Waals surface area contributed by atoms with Crippen LogP contribution in [0, 0.1) is 17.3 Å². The number of carbonyl (C=O) groups is 1. The number of nitrogens with two attached hydrogens (primary N) is 1. The summed E-state index contributed by atoms with van der Waals surface area (Å²) in [5.41, 5.74) is 6.09. The topological polar surface area (TPSA) is 46.3 Å². The first kappa shape index (κ1) is 15.8. The molecule has 0 aromatic carbocycles. The Bertz CT molecular complexity index is 340. The van der Waals surface area contributed by atoms with Crippen molar-refractivity contribution in [2.24, 2.45) is 23.0 Å². The van der Waals surface area contributed by atoms with Crippen LogP contribution >= 0.6 is 0 Å². The van der Waals surface area contributed by atoms with E-state index in [4.69, 9.17) is 5.73 Å². The molecule has 0 aromatic heterocycles. The highest BCUT2D eigenvalue weighted by atomic mass is 16.2. The Kier molecular flexibility index (Phi) is 5.11. The zero-order valence-corrected chi connectivity index (χ0v) is 13.5. The summed E-state index contributed by atoms with van der Waals surface area (Å²) in [6.45, 7) is 5.25. The third kappa shape index (κ3) is 3.19. The van der Waals surface area contributed by atoms with Gasteiger partial charge >= 0.3 is 0 Å². The van der Waals surface area contributed by atoms with E-state index in [1.54, 1.807) is 0 Å². The molecule has 2 fully saturated rings. The fourth-order valence-corrected chi connectivity index (χ4v) is 4.33. The van der Waals surface area contributed by atoms with Crippen molar-refractivity contribution < 1.29 is 4.79 Å². The molecule has 116 valence electrons. The number of amides is 1. The third-order valence-electron chi connectivity index (χ3n) is 5.82. The zero-order valence-electron chi connectivity index (χ0n) is 13.5. The largest absolute Gasteiger partial charge is 0.342 e. The Labute approximate surface area is 124 Å². The van der Waals surface area contributed by atoms with Gasteiger partial charge in [0.1, 0.15) is 0 Å². The van der Waals surface area contributed by atoms with Crippen LogP contribution in [0.15, 0.2) is 0 Å². The second-order valence-electron chi connectivity index (χ2n) is 7.58. The van der Waals surface area contributed by atoms with E-state index in [0.29, 0.717) is 17.9 Å². The summed E-state index contributed by atoms with van der Waals surface area (Å²) < 4.78 is 0. The summed E-state index contributed by atoms with van der Waals surface area (Å²) in [6, 6.07) is 0.374. The molecule has 0 bridgehead atoms. The Morgan fingerprint density at radius 2 is 1.80 bits per heavy atom. The zero-order chi connectivity index (χ0) is 14.8. The lowest BCUT2D eigenvalue weighted by molar-refractivity contribution is -0.143. The summed E-state index contributed by atoms with van der Waals surface area (Å²) >= 11 is 0. The summed E-state index contributed by atoms with van der Waals surface area (Å²) in [4.78, 5) is 15.0. The van der Waals surface area contributed by atoms with Crippen molar-refractivity contribution >= 4 is 5.91 Å². The minimum absolute atomic E-state index is 0.163. The summed E-state index contributed by atoms with van der Waals surface area (Å²) in [5.74, 6) is 1.09. The fourth-order valence-electron chi connectivity index (χ4n) is 4.33. The van der Waals surface area contributed by atoms with E-state index < -0.39 is 0 Å². The minimum atomic E-state index is 0.163. The maximum Gasteiger partial charge on any atom is 0.226 e. The van der Waals surface area contributed by atoms with Gasteiger partial charge < -0.3 is 10.6 Å². The normalized spacial score (nSPS) is 33.7. The van der Waals surface area contributed by atoms with Gasteiger partial charge in [-0.3, -0.25) is 4.79 Å². The molecule has 2 N–H and O–H groups in total. The molecule has 3 atom stereocenters. The van der Waals surface area contributed by atoms with Crippen molar-refractivity contribution in [1.82, 2.24) is 4.90 Å². The molecule has 0 aliphatic heterocycles. The van der Waals surface area contributed by atoms with E-state index in [9.17, 15) is 4.79 Å². The van der Waals surface area contributed by atoms with Crippen molar-refractivity contribution in [2.45, 2.75) is 71.3 Å². The standard InChI is InChI=1S/C17H32N2O/c1-17(2)11-7-6-9-14(17)16(20)19(3)15-10-5-4-8-13(15)12-18/h13-15H,4-12,18H2,1-3H3. The van der Waals surface area contributed by atoms with Gasteiger partial charge in [-0.2, -0.15) is 0 Å². The highest BCUT2D eigenvalue weighted by Crippen LogP contribution is 2.42. The fraction of sp³-hybridized carbons (Fsp3) is 0.941. The number of hydrogen-bond donors (Lipinski definition) is 1. The number of carbonyl (C=O) groups excluding carboxylic acids is 1. The molecule has 2 saturated carbocycles. The highest BCUT2D eigenvalue weighted by molar-refractivity contribution is 5.79. The molecule has 2 aliphatic carbocycles. The van der Waals surface area contributed by atoms with Crippen LogP contribution in [-0.4, -0.2) is 30.4 Å². The molecule has 0 heterocycles. The summed E-state index contributed by atoms with van der Waals surface area (Å²) in [5, 5.41) is 0. The van der Waals surface area contributed by atoms with Gasteiger partial charge in [0.2, 0.25) is 5.91 Å². The van der Waals surface area contributed by atoms with Crippen LogP contribution in [-0.2, 0) is 4.79 Å². The van der Waals surface area contributed by atoms with E-state index in [1.165, 1.54) is 38.5 Å². The molecule has 20 heavy (non-hydrogen) atoms. The smallest absolute Gasteiger partial charge is 0.226 e.